The molecular weight excluding hydrogens is 266 g/mol. The van der Waals surface area contributed by atoms with Crippen molar-refractivity contribution in [1.82, 2.24) is 5.32 Å². The lowest BCUT2D eigenvalue weighted by Crippen LogP contribution is -2.18. The highest BCUT2D eigenvalue weighted by molar-refractivity contribution is 5.86. The van der Waals surface area contributed by atoms with Gasteiger partial charge in [-0.3, -0.25) is 0 Å². The molecule has 2 rings (SSSR count). The van der Waals surface area contributed by atoms with Gasteiger partial charge in [0.25, 0.3) is 0 Å². The van der Waals surface area contributed by atoms with Gasteiger partial charge in [0.1, 0.15) is 0 Å². The van der Waals surface area contributed by atoms with Gasteiger partial charge in [-0.15, -0.1) is 0 Å². The van der Waals surface area contributed by atoms with Gasteiger partial charge in [-0.05, 0) is 50.1 Å². The Labute approximate surface area is 134 Å². The number of rotatable bonds is 4. The Hall–Kier alpha value is -2.04. The minimum atomic E-state index is 0.0635. The van der Waals surface area contributed by atoms with Crippen molar-refractivity contribution in [1.29, 1.82) is 0 Å². The van der Waals surface area contributed by atoms with Crippen LogP contribution in [0.5, 0.6) is 0 Å². The maximum atomic E-state index is 3.53. The molecule has 0 amide bonds. The fraction of sp³-hybridized carbons (Fsp3) is 0.333. The van der Waals surface area contributed by atoms with Crippen molar-refractivity contribution in [2.75, 3.05) is 6.54 Å². The monoisotopic (exact) mass is 291 g/mol. The molecule has 0 saturated heterocycles. The van der Waals surface area contributed by atoms with E-state index in [2.05, 4.69) is 93.4 Å². The Morgan fingerprint density at radius 1 is 1.09 bits per heavy atom. The van der Waals surface area contributed by atoms with Crippen molar-refractivity contribution in [3.05, 3.63) is 60.2 Å². The van der Waals surface area contributed by atoms with Crippen molar-refractivity contribution in [2.24, 2.45) is 5.41 Å². The third-order valence-corrected chi connectivity index (χ3v) is 3.48. The van der Waals surface area contributed by atoms with Crippen LogP contribution in [0.2, 0.25) is 0 Å². The number of benzene rings is 2. The van der Waals surface area contributed by atoms with Crippen LogP contribution >= 0.6 is 0 Å². The van der Waals surface area contributed by atoms with Crippen LogP contribution in [0.3, 0.4) is 0 Å². The summed E-state index contributed by atoms with van der Waals surface area (Å²) in [6, 6.07) is 15.3. The molecule has 0 aromatic heterocycles. The normalized spacial score (nSPS) is 13.1. The van der Waals surface area contributed by atoms with E-state index in [9.17, 15) is 0 Å². The van der Waals surface area contributed by atoms with Crippen molar-refractivity contribution in [3.8, 4) is 11.8 Å². The van der Waals surface area contributed by atoms with Crippen molar-refractivity contribution in [3.63, 3.8) is 0 Å². The average Bonchev–Trinajstić information content (AvgIpc) is 2.49. The van der Waals surface area contributed by atoms with Gasteiger partial charge in [0.15, 0.2) is 0 Å². The first-order valence-corrected chi connectivity index (χ1v) is 7.86. The van der Waals surface area contributed by atoms with Gasteiger partial charge in [0.2, 0.25) is 0 Å². The summed E-state index contributed by atoms with van der Waals surface area (Å²) in [6.07, 6.45) is 4.02. The van der Waals surface area contributed by atoms with E-state index in [0.29, 0.717) is 6.04 Å². The van der Waals surface area contributed by atoms with Crippen LogP contribution in [0.25, 0.3) is 10.8 Å². The maximum Gasteiger partial charge on any atom is 0.0300 e. The summed E-state index contributed by atoms with van der Waals surface area (Å²) in [5, 5.41) is 6.15. The second-order valence-corrected chi connectivity index (χ2v) is 6.62. The zero-order valence-electron chi connectivity index (χ0n) is 14.0. The number of hydrogen-bond acceptors (Lipinski definition) is 1. The molecule has 0 radical (unpaired) electrons. The fourth-order valence-electron chi connectivity index (χ4n) is 2.36. The first-order chi connectivity index (χ1) is 10.5. The van der Waals surface area contributed by atoms with Crippen LogP contribution in [0, 0.1) is 17.3 Å². The van der Waals surface area contributed by atoms with Gasteiger partial charge in [0, 0.05) is 18.0 Å². The zero-order chi connectivity index (χ0) is 16.0. The molecule has 1 unspecified atom stereocenters. The summed E-state index contributed by atoms with van der Waals surface area (Å²) in [5.74, 6) is 6.30. The van der Waals surface area contributed by atoms with E-state index in [-0.39, 0.29) is 5.41 Å². The lowest BCUT2D eigenvalue weighted by atomic mass is 9.98. The Balaban J connectivity index is 1.98. The van der Waals surface area contributed by atoms with Crippen LogP contribution < -0.4 is 5.32 Å². The van der Waals surface area contributed by atoms with Gasteiger partial charge in [-0.1, -0.05) is 60.4 Å². The van der Waals surface area contributed by atoms with Crippen molar-refractivity contribution in [2.45, 2.75) is 33.7 Å². The van der Waals surface area contributed by atoms with Crippen LogP contribution in [0.4, 0.5) is 0 Å². The average molecular weight is 291 g/mol. The van der Waals surface area contributed by atoms with Gasteiger partial charge in [-0.2, -0.15) is 0 Å². The molecule has 1 N–H and O–H groups in total. The Morgan fingerprint density at radius 2 is 1.82 bits per heavy atom. The molecule has 0 aliphatic rings. The first-order valence-electron chi connectivity index (χ1n) is 7.86. The largest absolute Gasteiger partial charge is 0.307 e. The minimum absolute atomic E-state index is 0.0635. The second kappa shape index (κ2) is 7.29. The minimum Gasteiger partial charge on any atom is -0.307 e. The van der Waals surface area contributed by atoms with E-state index >= 15 is 0 Å². The third-order valence-electron chi connectivity index (χ3n) is 3.48. The molecule has 0 bridgehead atoms. The molecular formula is C21H25N. The molecule has 1 atom stereocenters. The molecule has 22 heavy (non-hydrogen) atoms. The number of fused-ring (bicyclic) bond motifs is 1. The van der Waals surface area contributed by atoms with Gasteiger partial charge in [-0.25, -0.2) is 0 Å². The standard InChI is InChI=1S/C21H25N/c1-17(22-16-9-5-8-15-21(2,3)4)19-14-10-12-18-11-6-7-13-20(18)19/h5-7,9-14,17,22H,16H2,1-4H3. The number of hydrogen-bond donors (Lipinski definition) is 1. The molecule has 2 aromatic rings. The first kappa shape index (κ1) is 16.3. The smallest absolute Gasteiger partial charge is 0.0300 e. The Bertz CT molecular complexity index is 702. The molecule has 114 valence electrons. The molecule has 0 heterocycles. The predicted molar refractivity (Wildman–Crippen MR) is 96.7 cm³/mol. The number of allylic oxidation sites excluding steroid dienone is 1. The molecule has 0 aliphatic heterocycles. The number of nitrogens with one attached hydrogen (secondary N) is 1. The Kier molecular flexibility index (Phi) is 5.41. The molecule has 0 saturated carbocycles. The van der Waals surface area contributed by atoms with Gasteiger partial charge in [0.05, 0.1) is 0 Å². The summed E-state index contributed by atoms with van der Waals surface area (Å²) in [6.45, 7) is 9.39. The highest BCUT2D eigenvalue weighted by atomic mass is 14.9. The lowest BCUT2D eigenvalue weighted by molar-refractivity contribution is 0.571. The zero-order valence-corrected chi connectivity index (χ0v) is 14.0. The van der Waals surface area contributed by atoms with Gasteiger partial charge < -0.3 is 5.32 Å². The molecule has 0 aliphatic carbocycles. The maximum absolute atomic E-state index is 3.53. The van der Waals surface area contributed by atoms with E-state index in [0.717, 1.165) is 6.54 Å². The third kappa shape index (κ3) is 4.76. The van der Waals surface area contributed by atoms with Gasteiger partial charge >= 0.3 is 0 Å². The summed E-state index contributed by atoms with van der Waals surface area (Å²) in [7, 11) is 0. The molecule has 0 fully saturated rings. The molecule has 1 nitrogen and oxygen atoms in total. The van der Waals surface area contributed by atoms with E-state index < -0.39 is 0 Å². The highest BCUT2D eigenvalue weighted by Crippen LogP contribution is 2.23. The lowest BCUT2D eigenvalue weighted by Gasteiger charge is -2.15. The van der Waals surface area contributed by atoms with Crippen molar-refractivity contribution >= 4 is 10.8 Å². The van der Waals surface area contributed by atoms with Crippen LogP contribution in [0.15, 0.2) is 54.6 Å². The SMILES string of the molecule is CC(NCC=CC#CC(C)(C)C)c1cccc2ccccc12. The van der Waals surface area contributed by atoms with E-state index in [1.165, 1.54) is 16.3 Å². The van der Waals surface area contributed by atoms with Crippen LogP contribution in [0.1, 0.15) is 39.3 Å². The summed E-state index contributed by atoms with van der Waals surface area (Å²) in [5.41, 5.74) is 1.40. The molecule has 1 heteroatoms. The summed E-state index contributed by atoms with van der Waals surface area (Å²) in [4.78, 5) is 0. The van der Waals surface area contributed by atoms with E-state index in [4.69, 9.17) is 0 Å². The second-order valence-electron chi connectivity index (χ2n) is 6.62. The van der Waals surface area contributed by atoms with Crippen LogP contribution in [-0.4, -0.2) is 6.54 Å². The quantitative estimate of drug-likeness (QED) is 0.773. The fourth-order valence-corrected chi connectivity index (χ4v) is 2.36. The van der Waals surface area contributed by atoms with Crippen LogP contribution in [-0.2, 0) is 0 Å². The summed E-state index contributed by atoms with van der Waals surface area (Å²) < 4.78 is 0. The van der Waals surface area contributed by atoms with E-state index in [1.807, 2.05) is 6.08 Å². The van der Waals surface area contributed by atoms with Crippen molar-refractivity contribution < 1.29 is 0 Å². The van der Waals surface area contributed by atoms with E-state index in [1.54, 1.807) is 0 Å². The predicted octanol–water partition coefficient (Wildman–Crippen LogP) is 5.10. The Morgan fingerprint density at radius 3 is 2.59 bits per heavy atom. The topological polar surface area (TPSA) is 12.0 Å². The molecule has 0 spiro atoms. The summed E-state index contributed by atoms with van der Waals surface area (Å²) >= 11 is 0. The highest BCUT2D eigenvalue weighted by Gasteiger charge is 2.07. The molecule has 2 aromatic carbocycles.